The Bertz CT molecular complexity index is 719. The first-order chi connectivity index (χ1) is 10.9. The Labute approximate surface area is 140 Å². The van der Waals surface area contributed by atoms with Crippen LogP contribution in [-0.4, -0.2) is 21.2 Å². The molecule has 0 amide bonds. The van der Waals surface area contributed by atoms with Crippen LogP contribution in [0.5, 0.6) is 0 Å². The minimum absolute atomic E-state index is 0.132. The highest BCUT2D eigenvalue weighted by atomic mass is 28.3. The number of benzene rings is 2. The lowest BCUT2D eigenvalue weighted by Crippen LogP contribution is -2.41. The summed E-state index contributed by atoms with van der Waals surface area (Å²) in [6, 6.07) is 14.0. The summed E-state index contributed by atoms with van der Waals surface area (Å²) in [5.41, 5.74) is 1.21. The Morgan fingerprint density at radius 3 is 2.48 bits per heavy atom. The average Bonchev–Trinajstić information content (AvgIpc) is 2.54. The number of ether oxygens (including phenoxy) is 1. The number of carbonyl (C=O) groups is 1. The number of hydrogen-bond acceptors (Lipinski definition) is 2. The van der Waals surface area contributed by atoms with E-state index in [4.69, 9.17) is 4.74 Å². The van der Waals surface area contributed by atoms with E-state index in [1.54, 1.807) is 0 Å². The van der Waals surface area contributed by atoms with Crippen LogP contribution in [-0.2, 0) is 16.0 Å². The van der Waals surface area contributed by atoms with Gasteiger partial charge >= 0.3 is 5.97 Å². The van der Waals surface area contributed by atoms with Crippen LogP contribution >= 0.6 is 0 Å². The molecule has 0 saturated heterocycles. The Morgan fingerprint density at radius 2 is 1.87 bits per heavy atom. The number of hydrogen-bond donors (Lipinski definition) is 0. The molecule has 1 atom stereocenters. The van der Waals surface area contributed by atoms with Crippen LogP contribution in [0.1, 0.15) is 12.5 Å². The van der Waals surface area contributed by atoms with Crippen molar-refractivity contribution in [3.8, 4) is 0 Å². The Kier molecular flexibility index (Phi) is 5.42. The zero-order valence-corrected chi connectivity index (χ0v) is 15.6. The maximum absolute atomic E-state index is 11.7. The maximum Gasteiger partial charge on any atom is 0.308 e. The summed E-state index contributed by atoms with van der Waals surface area (Å²) < 4.78 is 4.86. The molecular weight excluding hydrogens is 300 g/mol. The number of carbonyl (C=O) groups excluding carboxylic acids is 1. The lowest BCUT2D eigenvalue weighted by molar-refractivity contribution is -0.144. The largest absolute Gasteiger partial charge is 0.469 e. The van der Waals surface area contributed by atoms with E-state index in [1.807, 2.05) is 13.0 Å². The van der Waals surface area contributed by atoms with E-state index in [1.165, 1.54) is 28.6 Å². The first-order valence-electron chi connectivity index (χ1n) is 8.10. The summed E-state index contributed by atoms with van der Waals surface area (Å²) in [6.07, 6.45) is 2.74. The van der Waals surface area contributed by atoms with E-state index in [2.05, 4.69) is 56.1 Å². The highest BCUT2D eigenvalue weighted by Crippen LogP contribution is 2.24. The smallest absolute Gasteiger partial charge is 0.308 e. The van der Waals surface area contributed by atoms with Gasteiger partial charge in [-0.1, -0.05) is 67.7 Å². The van der Waals surface area contributed by atoms with Gasteiger partial charge in [0.25, 0.3) is 0 Å². The van der Waals surface area contributed by atoms with Crippen LogP contribution in [0.15, 0.2) is 49.1 Å². The summed E-state index contributed by atoms with van der Waals surface area (Å²) in [5.74, 6) is -0.285. The van der Waals surface area contributed by atoms with Gasteiger partial charge in [0, 0.05) is 0 Å². The van der Waals surface area contributed by atoms with Crippen LogP contribution in [0.4, 0.5) is 0 Å². The van der Waals surface area contributed by atoms with Gasteiger partial charge in [0.1, 0.15) is 0 Å². The van der Waals surface area contributed by atoms with Crippen molar-refractivity contribution >= 4 is 30.0 Å². The third-order valence-corrected chi connectivity index (χ3v) is 7.73. The Morgan fingerprint density at radius 1 is 1.22 bits per heavy atom. The molecule has 0 saturated carbocycles. The van der Waals surface area contributed by atoms with Gasteiger partial charge in [0.2, 0.25) is 0 Å². The van der Waals surface area contributed by atoms with Gasteiger partial charge in [-0.15, -0.1) is 6.58 Å². The van der Waals surface area contributed by atoms with Gasteiger partial charge < -0.3 is 4.74 Å². The van der Waals surface area contributed by atoms with Gasteiger partial charge in [-0.05, 0) is 28.8 Å². The summed E-state index contributed by atoms with van der Waals surface area (Å²) in [4.78, 5) is 11.7. The second-order valence-corrected chi connectivity index (χ2v) is 11.5. The summed E-state index contributed by atoms with van der Waals surface area (Å²) in [5, 5.41) is 4.04. The molecule has 0 spiro atoms. The molecule has 0 radical (unpaired) electrons. The molecule has 3 heteroatoms. The van der Waals surface area contributed by atoms with Gasteiger partial charge in [-0.2, -0.15) is 0 Å². The Hall–Kier alpha value is -1.87. The van der Waals surface area contributed by atoms with Gasteiger partial charge in [-0.3, -0.25) is 4.79 Å². The second-order valence-electron chi connectivity index (χ2n) is 6.82. The lowest BCUT2D eigenvalue weighted by atomic mass is 9.96. The molecule has 2 aromatic carbocycles. The molecule has 0 N–H and O–H groups in total. The van der Waals surface area contributed by atoms with E-state index in [9.17, 15) is 4.79 Å². The van der Waals surface area contributed by atoms with Crippen molar-refractivity contribution in [2.75, 3.05) is 7.11 Å². The highest BCUT2D eigenvalue weighted by Gasteiger charge is 2.25. The van der Waals surface area contributed by atoms with Crippen molar-refractivity contribution < 1.29 is 9.53 Å². The normalized spacial score (nSPS) is 12.9. The molecular formula is C20H26O2Si. The molecule has 0 aliphatic carbocycles. The molecule has 2 aromatic rings. The third kappa shape index (κ3) is 3.73. The molecule has 122 valence electrons. The number of fused-ring (bicyclic) bond motifs is 1. The van der Waals surface area contributed by atoms with E-state index in [0.29, 0.717) is 6.42 Å². The third-order valence-electron chi connectivity index (χ3n) is 4.53. The molecule has 0 aliphatic heterocycles. The van der Waals surface area contributed by atoms with E-state index >= 15 is 0 Å². The summed E-state index contributed by atoms with van der Waals surface area (Å²) in [6.45, 7) is 10.6. The number of methoxy groups -OCH3 is 1. The molecule has 2 rings (SSSR count). The van der Waals surface area contributed by atoms with Crippen LogP contribution < -0.4 is 5.19 Å². The summed E-state index contributed by atoms with van der Waals surface area (Å²) >= 11 is 0. The second kappa shape index (κ2) is 7.13. The monoisotopic (exact) mass is 326 g/mol. The predicted octanol–water partition coefficient (Wildman–Crippen LogP) is 4.29. The molecule has 0 aromatic heterocycles. The maximum atomic E-state index is 11.7. The van der Waals surface area contributed by atoms with Crippen molar-refractivity contribution in [2.24, 2.45) is 5.92 Å². The van der Waals surface area contributed by atoms with Crippen molar-refractivity contribution in [2.45, 2.75) is 32.5 Å². The predicted molar refractivity (Wildman–Crippen MR) is 101 cm³/mol. The first kappa shape index (κ1) is 17.5. The minimum atomic E-state index is -1.55. The molecule has 2 nitrogen and oxygen atoms in total. The van der Waals surface area contributed by atoms with Crippen molar-refractivity contribution in [3.05, 3.63) is 54.6 Å². The SMILES string of the molecule is C=CC[Si](C)(C)c1ccc(C[C@H](C)C(=O)OC)c2ccccc12. The fraction of sp³-hybridized carbons (Fsp3) is 0.350. The van der Waals surface area contributed by atoms with Crippen molar-refractivity contribution in [3.63, 3.8) is 0 Å². The molecule has 0 unspecified atom stereocenters. The summed E-state index contributed by atoms with van der Waals surface area (Å²) in [7, 11) is -0.0973. The van der Waals surface area contributed by atoms with Gasteiger partial charge in [-0.25, -0.2) is 0 Å². The van der Waals surface area contributed by atoms with E-state index < -0.39 is 8.07 Å². The van der Waals surface area contributed by atoms with E-state index in [0.717, 1.165) is 6.04 Å². The molecule has 23 heavy (non-hydrogen) atoms. The topological polar surface area (TPSA) is 26.3 Å². The van der Waals surface area contributed by atoms with Crippen LogP contribution in [0.2, 0.25) is 19.1 Å². The van der Waals surface area contributed by atoms with Crippen molar-refractivity contribution in [1.82, 2.24) is 0 Å². The van der Waals surface area contributed by atoms with Crippen molar-refractivity contribution in [1.29, 1.82) is 0 Å². The van der Waals surface area contributed by atoms with Crippen LogP contribution in [0, 0.1) is 5.92 Å². The number of rotatable bonds is 6. The van der Waals surface area contributed by atoms with Crippen LogP contribution in [0.25, 0.3) is 10.8 Å². The molecule has 0 bridgehead atoms. The zero-order valence-electron chi connectivity index (χ0n) is 14.6. The van der Waals surface area contributed by atoms with Gasteiger partial charge in [0.05, 0.1) is 21.1 Å². The lowest BCUT2D eigenvalue weighted by Gasteiger charge is -2.24. The fourth-order valence-electron chi connectivity index (χ4n) is 3.21. The zero-order chi connectivity index (χ0) is 17.0. The molecule has 0 aliphatic rings. The molecule has 0 heterocycles. The highest BCUT2D eigenvalue weighted by molar-refractivity contribution is 6.91. The van der Waals surface area contributed by atoms with Gasteiger partial charge in [0.15, 0.2) is 0 Å². The average molecular weight is 327 g/mol. The quantitative estimate of drug-likeness (QED) is 0.449. The van der Waals surface area contributed by atoms with E-state index in [-0.39, 0.29) is 11.9 Å². The first-order valence-corrected chi connectivity index (χ1v) is 11.3. The standard InChI is InChI=1S/C20H26O2Si/c1-6-13-23(4,5)19-12-11-16(14-15(2)20(21)22-3)17-9-7-8-10-18(17)19/h6-12,15H,1,13-14H2,2-5H3/t15-/m0/s1. The van der Waals surface area contributed by atoms with Crippen LogP contribution in [0.3, 0.4) is 0 Å². The Balaban J connectivity index is 2.51. The fourth-order valence-corrected chi connectivity index (χ4v) is 5.64. The number of esters is 1. The number of allylic oxidation sites excluding steroid dienone is 1. The molecule has 0 fully saturated rings. The minimum Gasteiger partial charge on any atom is -0.469 e.